The summed E-state index contributed by atoms with van der Waals surface area (Å²) in [5.41, 5.74) is 2.11. The maximum absolute atomic E-state index is 13.0. The molecule has 2 aromatic rings. The zero-order valence-electron chi connectivity index (χ0n) is 16.0. The van der Waals surface area contributed by atoms with Crippen LogP contribution >= 0.6 is 0 Å². The molecule has 27 heavy (non-hydrogen) atoms. The Hall–Kier alpha value is -2.60. The summed E-state index contributed by atoms with van der Waals surface area (Å²) < 4.78 is 18.4. The van der Waals surface area contributed by atoms with Crippen LogP contribution in [0.1, 0.15) is 5.56 Å². The van der Waals surface area contributed by atoms with Gasteiger partial charge < -0.3 is 19.4 Å². The highest BCUT2D eigenvalue weighted by Gasteiger charge is 2.24. The second kappa shape index (κ2) is 8.86. The van der Waals surface area contributed by atoms with Gasteiger partial charge in [0.1, 0.15) is 18.1 Å². The van der Waals surface area contributed by atoms with Gasteiger partial charge in [0.2, 0.25) is 0 Å². The molecule has 1 aliphatic rings. The summed E-state index contributed by atoms with van der Waals surface area (Å²) in [5, 5.41) is 0. The van der Waals surface area contributed by atoms with E-state index in [-0.39, 0.29) is 11.7 Å². The molecule has 1 saturated heterocycles. The van der Waals surface area contributed by atoms with Crippen LogP contribution < -0.4 is 14.5 Å². The first-order valence-corrected chi connectivity index (χ1v) is 9.28. The highest BCUT2D eigenvalue weighted by Crippen LogP contribution is 2.28. The van der Waals surface area contributed by atoms with E-state index in [0.717, 1.165) is 35.0 Å². The molecule has 2 aromatic carbocycles. The first kappa shape index (κ1) is 19.2. The van der Waals surface area contributed by atoms with Crippen molar-refractivity contribution in [2.24, 2.45) is 0 Å². The molecule has 0 radical (unpaired) electrons. The van der Waals surface area contributed by atoms with E-state index in [0.29, 0.717) is 26.2 Å². The topological polar surface area (TPSA) is 37.2 Å². The van der Waals surface area contributed by atoms with E-state index in [4.69, 9.17) is 4.74 Å². The van der Waals surface area contributed by atoms with Gasteiger partial charge in [0.25, 0.3) is 5.91 Å². The average molecular weight is 372 g/mol. The minimum Gasteiger partial charge on any atom is -0.495 e. The number of hydrogen-bond acceptors (Lipinski definition) is 3. The number of nitrogens with one attached hydrogen (secondary N) is 1. The zero-order chi connectivity index (χ0) is 19.2. The molecule has 1 amide bonds. The fourth-order valence-electron chi connectivity index (χ4n) is 3.47. The molecular weight excluding hydrogens is 345 g/mol. The van der Waals surface area contributed by atoms with E-state index < -0.39 is 0 Å². The van der Waals surface area contributed by atoms with E-state index in [1.165, 1.54) is 12.1 Å². The summed E-state index contributed by atoms with van der Waals surface area (Å²) in [7, 11) is 3.67. The Morgan fingerprint density at radius 1 is 1.07 bits per heavy atom. The van der Waals surface area contributed by atoms with Gasteiger partial charge in [0, 0.05) is 31.7 Å². The molecule has 0 aliphatic carbocycles. The third kappa shape index (κ3) is 4.98. The number of likely N-dealkylation sites (N-methyl/N-ethyl adjacent to an activating group) is 1. The number of carbonyl (C=O) groups excluding carboxylic acids is 1. The van der Waals surface area contributed by atoms with Crippen molar-refractivity contribution in [3.8, 4) is 5.75 Å². The van der Waals surface area contributed by atoms with Crippen LogP contribution in [0.4, 0.5) is 10.1 Å². The minimum absolute atomic E-state index is 0.161. The van der Waals surface area contributed by atoms with Crippen molar-refractivity contribution in [1.82, 2.24) is 4.90 Å². The lowest BCUT2D eigenvalue weighted by Gasteiger charge is -2.36. The number of halogens is 1. The molecule has 0 bridgehead atoms. The van der Waals surface area contributed by atoms with Crippen molar-refractivity contribution in [3.05, 3.63) is 59.9 Å². The number of quaternary nitrogens is 1. The van der Waals surface area contributed by atoms with Crippen LogP contribution in [-0.4, -0.2) is 57.7 Å². The maximum atomic E-state index is 13.0. The molecule has 144 valence electrons. The van der Waals surface area contributed by atoms with E-state index in [1.54, 1.807) is 19.2 Å². The number of methoxy groups -OCH3 is 1. The Kier molecular flexibility index (Phi) is 6.29. The molecule has 1 atom stereocenters. The van der Waals surface area contributed by atoms with Gasteiger partial charge in [0.15, 0.2) is 6.54 Å². The second-order valence-electron chi connectivity index (χ2n) is 6.98. The summed E-state index contributed by atoms with van der Waals surface area (Å²) in [6.07, 6.45) is 0. The molecule has 1 N–H and O–H groups in total. The molecular formula is C21H27FN3O2+. The minimum atomic E-state index is -0.236. The third-order valence-corrected chi connectivity index (χ3v) is 4.93. The molecule has 0 spiro atoms. The quantitative estimate of drug-likeness (QED) is 0.828. The molecule has 5 nitrogen and oxygen atoms in total. The number of hydrogen-bond donors (Lipinski definition) is 1. The van der Waals surface area contributed by atoms with E-state index in [9.17, 15) is 9.18 Å². The van der Waals surface area contributed by atoms with E-state index in [1.807, 2.05) is 30.1 Å². The Balaban J connectivity index is 1.50. The van der Waals surface area contributed by atoms with Crippen molar-refractivity contribution in [2.75, 3.05) is 51.8 Å². The number of piperazine rings is 1. The van der Waals surface area contributed by atoms with Gasteiger partial charge in [-0.25, -0.2) is 4.39 Å². The first-order chi connectivity index (χ1) is 13.1. The predicted molar refractivity (Wildman–Crippen MR) is 104 cm³/mol. The largest absolute Gasteiger partial charge is 0.495 e. The number of anilines is 1. The average Bonchev–Trinajstić information content (AvgIpc) is 2.69. The summed E-state index contributed by atoms with van der Waals surface area (Å²) in [4.78, 5) is 17.9. The van der Waals surface area contributed by atoms with Crippen molar-refractivity contribution in [3.63, 3.8) is 0 Å². The van der Waals surface area contributed by atoms with Crippen molar-refractivity contribution < 1.29 is 18.8 Å². The monoisotopic (exact) mass is 372 g/mol. The first-order valence-electron chi connectivity index (χ1n) is 9.28. The molecule has 1 fully saturated rings. The Bertz CT molecular complexity index is 758. The van der Waals surface area contributed by atoms with Crippen LogP contribution in [0.25, 0.3) is 0 Å². The van der Waals surface area contributed by atoms with Crippen LogP contribution in [0.3, 0.4) is 0 Å². The number of para-hydroxylation sites is 2. The molecule has 0 aromatic heterocycles. The van der Waals surface area contributed by atoms with Crippen LogP contribution in [0, 0.1) is 5.82 Å². The lowest BCUT2D eigenvalue weighted by atomic mass is 10.2. The van der Waals surface area contributed by atoms with Gasteiger partial charge in [-0.05, 0) is 24.3 Å². The SMILES string of the molecule is COc1ccccc1N1CCN(C(=O)C[NH+](C)Cc2ccc(F)cc2)CC1. The molecule has 1 aliphatic heterocycles. The van der Waals surface area contributed by atoms with Crippen molar-refractivity contribution in [2.45, 2.75) is 6.54 Å². The van der Waals surface area contributed by atoms with Crippen LogP contribution in [0.2, 0.25) is 0 Å². The summed E-state index contributed by atoms with van der Waals surface area (Å²) in [6.45, 7) is 4.15. The maximum Gasteiger partial charge on any atom is 0.277 e. The highest BCUT2D eigenvalue weighted by molar-refractivity contribution is 5.77. The summed E-state index contributed by atoms with van der Waals surface area (Å²) in [6, 6.07) is 14.4. The molecule has 1 unspecified atom stereocenters. The smallest absolute Gasteiger partial charge is 0.277 e. The zero-order valence-corrected chi connectivity index (χ0v) is 16.0. The van der Waals surface area contributed by atoms with Gasteiger partial charge >= 0.3 is 0 Å². The summed E-state index contributed by atoms with van der Waals surface area (Å²) >= 11 is 0. The number of nitrogens with zero attached hydrogens (tertiary/aromatic N) is 2. The number of carbonyl (C=O) groups is 1. The Morgan fingerprint density at radius 3 is 2.41 bits per heavy atom. The predicted octanol–water partition coefficient (Wildman–Crippen LogP) is 1.20. The number of ether oxygens (including phenoxy) is 1. The standard InChI is InChI=1S/C21H26FN3O2/c1-23(15-17-7-9-18(22)10-8-17)16-21(26)25-13-11-24(12-14-25)19-5-3-4-6-20(19)27-2/h3-10H,11-16H2,1-2H3/p+1. The lowest BCUT2D eigenvalue weighted by molar-refractivity contribution is -0.885. The number of rotatable bonds is 6. The Labute approximate surface area is 159 Å². The van der Waals surface area contributed by atoms with Gasteiger partial charge in [-0.15, -0.1) is 0 Å². The van der Waals surface area contributed by atoms with Gasteiger partial charge in [-0.2, -0.15) is 0 Å². The van der Waals surface area contributed by atoms with Gasteiger partial charge in [-0.3, -0.25) is 4.79 Å². The summed E-state index contributed by atoms with van der Waals surface area (Å²) in [5.74, 6) is 0.787. The van der Waals surface area contributed by atoms with Crippen LogP contribution in [0.15, 0.2) is 48.5 Å². The molecule has 0 saturated carbocycles. The van der Waals surface area contributed by atoms with Crippen molar-refractivity contribution >= 4 is 11.6 Å². The normalized spacial score (nSPS) is 15.5. The van der Waals surface area contributed by atoms with Crippen molar-refractivity contribution in [1.29, 1.82) is 0 Å². The van der Waals surface area contributed by atoms with E-state index in [2.05, 4.69) is 11.0 Å². The van der Waals surface area contributed by atoms with E-state index >= 15 is 0 Å². The molecule has 1 heterocycles. The fourth-order valence-corrected chi connectivity index (χ4v) is 3.47. The molecule has 6 heteroatoms. The van der Waals surface area contributed by atoms with Gasteiger partial charge in [-0.1, -0.05) is 24.3 Å². The lowest BCUT2D eigenvalue weighted by Crippen LogP contribution is -3.09. The fraction of sp³-hybridized carbons (Fsp3) is 0.381. The molecule has 3 rings (SSSR count). The second-order valence-corrected chi connectivity index (χ2v) is 6.98. The number of amides is 1. The van der Waals surface area contributed by atoms with Crippen LogP contribution in [0.5, 0.6) is 5.75 Å². The highest BCUT2D eigenvalue weighted by atomic mass is 19.1. The van der Waals surface area contributed by atoms with Crippen LogP contribution in [-0.2, 0) is 11.3 Å². The number of benzene rings is 2. The van der Waals surface area contributed by atoms with Gasteiger partial charge in [0.05, 0.1) is 19.8 Å². The Morgan fingerprint density at radius 2 is 1.74 bits per heavy atom. The third-order valence-electron chi connectivity index (χ3n) is 4.93.